The van der Waals surface area contributed by atoms with Crippen molar-refractivity contribution in [3.8, 4) is 0 Å². The Hall–Kier alpha value is -5.22. The van der Waals surface area contributed by atoms with Crippen molar-refractivity contribution in [3.05, 3.63) is 246 Å². The number of aliphatic hydroxyl groups excluding tert-OH is 1. The topological polar surface area (TPSA) is 77.4 Å². The summed E-state index contributed by atoms with van der Waals surface area (Å²) in [7, 11) is -5.84. The Bertz CT molecular complexity index is 2000. The number of hydrogen-bond donors (Lipinski definition) is 1. The number of aliphatic hydroxyl groups is 1. The van der Waals surface area contributed by atoms with E-state index in [1.165, 1.54) is 15.9 Å². The monoisotopic (exact) mass is 762 g/mol. The molecule has 4 nitrogen and oxygen atoms in total. The second-order valence-electron chi connectivity index (χ2n) is 11.2. The summed E-state index contributed by atoms with van der Waals surface area (Å²) in [6, 6.07) is 70.5. The zero-order valence-corrected chi connectivity index (χ0v) is 30.9. The molecule has 7 aromatic carbocycles. The van der Waals surface area contributed by atoms with Crippen LogP contribution in [0.3, 0.4) is 0 Å². The molecule has 0 amide bonds. The molecule has 0 heterocycles. The molecule has 1 N–H and O–H groups in total. The Kier molecular flexibility index (Phi) is 15.7. The average Bonchev–Trinajstić information content (AvgIpc) is 3.20. The molecule has 0 atom stereocenters. The second kappa shape index (κ2) is 20.6. The molecule has 0 radical (unpaired) electrons. The minimum atomic E-state index is -4.97. The third-order valence-corrected chi connectivity index (χ3v) is 11.3. The minimum Gasteiger partial charge on any atom is -0.745 e. The first-order valence-corrected chi connectivity index (χ1v) is 19.2. The van der Waals surface area contributed by atoms with Crippen LogP contribution in [-0.4, -0.2) is 18.1 Å². The van der Waals surface area contributed by atoms with Crippen molar-refractivity contribution in [2.75, 3.05) is 0 Å². The molecule has 0 aliphatic heterocycles. The first-order chi connectivity index (χ1) is 24.9. The Morgan fingerprint density at radius 1 is 0.500 bits per heavy atom. The molecule has 0 spiro atoms. The molecule has 0 aromatic heterocycles. The van der Waals surface area contributed by atoms with Crippen molar-refractivity contribution in [2.24, 2.45) is 0 Å². The van der Waals surface area contributed by atoms with Gasteiger partial charge in [-0.3, -0.25) is 0 Å². The van der Waals surface area contributed by atoms with E-state index in [0.717, 1.165) is 0 Å². The van der Waals surface area contributed by atoms with E-state index in [2.05, 4.69) is 97.1 Å². The van der Waals surface area contributed by atoms with Gasteiger partial charge in [0.25, 0.3) is 0 Å². The van der Waals surface area contributed by atoms with Crippen LogP contribution in [0.15, 0.2) is 217 Å². The van der Waals surface area contributed by atoms with Gasteiger partial charge in [-0.15, -0.1) is 24.3 Å². The van der Waals surface area contributed by atoms with E-state index in [1.807, 2.05) is 30.3 Å². The van der Waals surface area contributed by atoms with Gasteiger partial charge in [-0.1, -0.05) is 138 Å². The maximum atomic E-state index is 12.1. The number of rotatable bonds is 8. The fourth-order valence-corrected chi connectivity index (χ4v) is 8.80. The Morgan fingerprint density at radius 2 is 0.808 bits per heavy atom. The summed E-state index contributed by atoms with van der Waals surface area (Å²) >= 11 is 0. The number of benzene rings is 7. The molecule has 0 saturated heterocycles. The predicted molar refractivity (Wildman–Crippen MR) is 212 cm³/mol. The first kappa shape index (κ1) is 39.6. The summed E-state index contributed by atoms with van der Waals surface area (Å²) in [5.41, 5.74) is 1.30. The molecule has 7 aromatic rings. The number of hydrogen-bond acceptors (Lipinski definition) is 4. The van der Waals surface area contributed by atoms with E-state index in [-0.39, 0.29) is 28.0 Å². The molecular formula is C45H37NiO4PS. The van der Waals surface area contributed by atoms with Crippen molar-refractivity contribution in [2.45, 2.75) is 0 Å². The van der Waals surface area contributed by atoms with Crippen molar-refractivity contribution in [3.63, 3.8) is 0 Å². The summed E-state index contributed by atoms with van der Waals surface area (Å²) in [4.78, 5) is -0.638. The minimum absolute atomic E-state index is 0. The fraction of sp³-hybridized carbons (Fsp3) is 0. The van der Waals surface area contributed by atoms with Gasteiger partial charge in [0.05, 0.1) is 13.7 Å². The van der Waals surface area contributed by atoms with Gasteiger partial charge >= 0.3 is 16.5 Å². The predicted octanol–water partition coefficient (Wildman–Crippen LogP) is 8.79. The Morgan fingerprint density at radius 3 is 1.10 bits per heavy atom. The average molecular weight is 764 g/mol. The van der Waals surface area contributed by atoms with E-state index >= 15 is 0 Å². The molecular weight excluding hydrogens is 726 g/mol. The van der Waals surface area contributed by atoms with Gasteiger partial charge in [-0.2, -0.15) is 36.4 Å². The van der Waals surface area contributed by atoms with Gasteiger partial charge in [-0.25, -0.2) is 8.42 Å². The van der Waals surface area contributed by atoms with Crippen LogP contribution in [0.1, 0.15) is 16.7 Å². The van der Waals surface area contributed by atoms with Gasteiger partial charge in [0.2, 0.25) is 0 Å². The van der Waals surface area contributed by atoms with E-state index in [4.69, 9.17) is 0 Å². The van der Waals surface area contributed by atoms with Crippen LogP contribution >= 0.6 is 7.92 Å². The van der Waals surface area contributed by atoms with Crippen molar-refractivity contribution < 1.29 is 34.6 Å². The molecule has 52 heavy (non-hydrogen) atoms. The molecule has 0 bridgehead atoms. The third-order valence-electron chi connectivity index (χ3n) is 7.66. The zero-order valence-electron chi connectivity index (χ0n) is 28.1. The quantitative estimate of drug-likeness (QED) is 0.0552. The standard InChI is InChI=1S/C21H17O4S.C18H15P.C6H5.Ni/c22-20(18-14-8-3-9-15-18)21(26(23,24)25)19(16-10-4-1-5-11-16)17-12-6-2-7-13-17;1-4-10-16(11-5-1)19(17-12-6-2-7-13-17)18-14-8-3-9-15-18;1-2-4-6-5-3-1;/h1-15,22H,(H,23,24,25);1-15H;1-5H;/q-1;;-1;+2/b21-20+;;;. The maximum Gasteiger partial charge on any atom is 2.00 e. The normalized spacial score (nSPS) is 11.0. The summed E-state index contributed by atoms with van der Waals surface area (Å²) in [6.45, 7) is 0. The van der Waals surface area contributed by atoms with E-state index < -0.39 is 28.7 Å². The van der Waals surface area contributed by atoms with Crippen LogP contribution in [-0.2, 0) is 26.6 Å². The molecule has 0 aliphatic carbocycles. The van der Waals surface area contributed by atoms with Crippen molar-refractivity contribution >= 4 is 39.7 Å². The molecule has 0 fully saturated rings. The van der Waals surface area contributed by atoms with Crippen LogP contribution in [0.5, 0.6) is 0 Å². The SMILES string of the molecule is O=S(=O)([O-])/C(=C(/O)c1ccccc1)[C-](c1ccccc1)c1ccccc1.[Ni+2].[c-]1ccccc1.c1ccc([PH+](c2ccccc2)c2ccccc2)cc1. The largest absolute Gasteiger partial charge is 2.00 e. The number of allylic oxidation sites excluding steroid dienone is 1. The van der Waals surface area contributed by atoms with Crippen LogP contribution in [0.25, 0.3) is 5.76 Å². The van der Waals surface area contributed by atoms with Gasteiger partial charge in [0.15, 0.2) is 0 Å². The van der Waals surface area contributed by atoms with Gasteiger partial charge in [0, 0.05) is 4.91 Å². The van der Waals surface area contributed by atoms with Crippen LogP contribution in [0, 0.1) is 12.0 Å². The third kappa shape index (κ3) is 11.4. The van der Waals surface area contributed by atoms with E-state index in [9.17, 15) is 18.1 Å². The molecule has 7 heteroatoms. The van der Waals surface area contributed by atoms with Gasteiger partial charge in [0.1, 0.15) is 26.0 Å². The maximum absolute atomic E-state index is 12.1. The molecule has 7 rings (SSSR count). The molecule has 0 unspecified atom stereocenters. The van der Waals surface area contributed by atoms with Gasteiger partial charge < -0.3 is 9.66 Å². The Balaban J connectivity index is 0.000000203. The van der Waals surface area contributed by atoms with Crippen LogP contribution < -0.4 is 15.9 Å². The van der Waals surface area contributed by atoms with Crippen molar-refractivity contribution in [1.82, 2.24) is 0 Å². The van der Waals surface area contributed by atoms with Crippen LogP contribution in [0.4, 0.5) is 0 Å². The Labute approximate surface area is 318 Å². The summed E-state index contributed by atoms with van der Waals surface area (Å²) in [5.74, 6) is -0.397. The second-order valence-corrected chi connectivity index (χ2v) is 15.0. The molecule has 0 saturated carbocycles. The first-order valence-electron chi connectivity index (χ1n) is 16.3. The van der Waals surface area contributed by atoms with Crippen LogP contribution in [0.2, 0.25) is 0 Å². The van der Waals surface area contributed by atoms with E-state index in [1.54, 1.807) is 91.0 Å². The smallest absolute Gasteiger partial charge is 0.745 e. The molecule has 262 valence electrons. The van der Waals surface area contributed by atoms with Crippen molar-refractivity contribution in [1.29, 1.82) is 0 Å². The van der Waals surface area contributed by atoms with Gasteiger partial charge in [-0.05, 0) is 42.0 Å². The summed E-state index contributed by atoms with van der Waals surface area (Å²) in [5, 5.41) is 15.0. The zero-order chi connectivity index (χ0) is 35.7. The van der Waals surface area contributed by atoms with E-state index in [0.29, 0.717) is 11.1 Å². The molecule has 0 aliphatic rings. The summed E-state index contributed by atoms with van der Waals surface area (Å²) < 4.78 is 36.4. The fourth-order valence-electron chi connectivity index (χ4n) is 5.38. The summed E-state index contributed by atoms with van der Waals surface area (Å²) in [6.07, 6.45) is 0.